The fraction of sp³-hybridized carbons (Fsp3) is 0.292. The van der Waals surface area contributed by atoms with Gasteiger partial charge in [0.2, 0.25) is 0 Å². The molecular formula is C24H25ClN6O2. The zero-order valence-corrected chi connectivity index (χ0v) is 19.0. The van der Waals surface area contributed by atoms with Crippen LogP contribution in [0.1, 0.15) is 38.2 Å². The largest absolute Gasteiger partial charge is 0.382 e. The van der Waals surface area contributed by atoms with Gasteiger partial charge in [-0.3, -0.25) is 9.48 Å². The number of nitrogens with one attached hydrogen (secondary N) is 3. The molecule has 0 radical (unpaired) electrons. The number of methoxy groups -OCH3 is 1. The average molecular weight is 468 g/mol. The van der Waals surface area contributed by atoms with Crippen molar-refractivity contribution in [2.45, 2.75) is 25.9 Å². The molecule has 0 fully saturated rings. The molecule has 33 heavy (non-hydrogen) atoms. The SMILES string of the molecule is [2H]C([2H])([2H])OC[C@]1(C)CNc2cnc3[nH]cc(C(=O)c4ccc(Cn5nccc5C)cc4Cl)c3c2N1. The number of fused-ring (bicyclic) bond motifs is 3. The summed E-state index contributed by atoms with van der Waals surface area (Å²) in [5.41, 5.74) is 3.88. The molecule has 0 spiro atoms. The standard InChI is InChI=1S/C24H25ClN6O2/c1-14-6-7-29-31(14)11-15-4-5-16(18(25)8-15)22(32)17-9-26-23-20(17)21-19(10-27-23)28-12-24(2,30-21)13-33-3/h4-10,28,30H,11-13H2,1-3H3,(H,26,27)/t24-/m0/s1/i3D3. The minimum atomic E-state index is -2.51. The second-order valence-electron chi connectivity index (χ2n) is 8.57. The molecule has 0 unspecified atom stereocenters. The van der Waals surface area contributed by atoms with E-state index in [1.165, 1.54) is 0 Å². The van der Waals surface area contributed by atoms with Gasteiger partial charge in [0, 0.05) is 37.2 Å². The van der Waals surface area contributed by atoms with Crippen LogP contribution in [0.4, 0.5) is 11.4 Å². The number of hydrogen-bond donors (Lipinski definition) is 3. The Morgan fingerprint density at radius 3 is 3.00 bits per heavy atom. The number of ketones is 1. The van der Waals surface area contributed by atoms with Crippen LogP contribution >= 0.6 is 11.6 Å². The maximum absolute atomic E-state index is 13.6. The van der Waals surface area contributed by atoms with Crippen molar-refractivity contribution in [3.05, 3.63) is 70.3 Å². The fourth-order valence-corrected chi connectivity index (χ4v) is 4.43. The van der Waals surface area contributed by atoms with Crippen molar-refractivity contribution >= 4 is 39.8 Å². The van der Waals surface area contributed by atoms with E-state index >= 15 is 0 Å². The first-order chi connectivity index (χ1) is 17.0. The first-order valence-corrected chi connectivity index (χ1v) is 10.9. The van der Waals surface area contributed by atoms with Gasteiger partial charge in [0.25, 0.3) is 0 Å². The molecule has 5 rings (SSSR count). The Kier molecular flexibility index (Phi) is 4.50. The number of hydrogen-bond acceptors (Lipinski definition) is 6. The van der Waals surface area contributed by atoms with Crippen LogP contribution in [0.15, 0.2) is 42.9 Å². The van der Waals surface area contributed by atoms with Crippen molar-refractivity contribution in [2.24, 2.45) is 0 Å². The van der Waals surface area contributed by atoms with Crippen molar-refractivity contribution in [1.82, 2.24) is 19.7 Å². The highest BCUT2D eigenvalue weighted by Gasteiger charge is 2.32. The van der Waals surface area contributed by atoms with E-state index in [1.807, 2.05) is 30.7 Å². The van der Waals surface area contributed by atoms with Gasteiger partial charge in [-0.15, -0.1) is 0 Å². The highest BCUT2D eigenvalue weighted by Crippen LogP contribution is 2.38. The lowest BCUT2D eigenvalue weighted by molar-refractivity contribution is 0.104. The Balaban J connectivity index is 1.47. The number of pyridine rings is 1. The summed E-state index contributed by atoms with van der Waals surface area (Å²) in [6, 6.07) is 7.29. The second-order valence-corrected chi connectivity index (χ2v) is 8.98. The predicted molar refractivity (Wildman–Crippen MR) is 129 cm³/mol. The van der Waals surface area contributed by atoms with Gasteiger partial charge < -0.3 is 20.4 Å². The molecule has 0 amide bonds. The third-order valence-corrected chi connectivity index (χ3v) is 6.28. The van der Waals surface area contributed by atoms with E-state index in [-0.39, 0.29) is 12.4 Å². The number of aryl methyl sites for hydroxylation is 1. The first kappa shape index (κ1) is 18.1. The zero-order valence-electron chi connectivity index (χ0n) is 21.2. The molecule has 8 nitrogen and oxygen atoms in total. The lowest BCUT2D eigenvalue weighted by Crippen LogP contribution is -2.48. The summed E-state index contributed by atoms with van der Waals surface area (Å²) in [5, 5.41) is 11.9. The summed E-state index contributed by atoms with van der Waals surface area (Å²) in [4.78, 5) is 21.1. The molecule has 4 heterocycles. The van der Waals surface area contributed by atoms with E-state index in [1.54, 1.807) is 30.7 Å². The van der Waals surface area contributed by atoms with E-state index in [0.29, 0.717) is 51.6 Å². The van der Waals surface area contributed by atoms with Crippen molar-refractivity contribution in [3.63, 3.8) is 0 Å². The fourth-order valence-electron chi connectivity index (χ4n) is 4.14. The number of carbonyl (C=O) groups is 1. The number of rotatable bonds is 6. The predicted octanol–water partition coefficient (Wildman–Crippen LogP) is 4.24. The molecule has 1 atom stereocenters. The van der Waals surface area contributed by atoms with Crippen molar-refractivity contribution in [2.75, 3.05) is 30.8 Å². The molecule has 0 saturated carbocycles. The normalized spacial score (nSPS) is 19.2. The van der Waals surface area contributed by atoms with Gasteiger partial charge in [-0.05, 0) is 37.6 Å². The molecule has 9 heteroatoms. The minimum Gasteiger partial charge on any atom is -0.382 e. The zero-order chi connectivity index (χ0) is 25.7. The molecule has 3 aromatic heterocycles. The molecule has 0 bridgehead atoms. The summed E-state index contributed by atoms with van der Waals surface area (Å²) in [6.45, 7) is 4.73. The highest BCUT2D eigenvalue weighted by atomic mass is 35.5. The van der Waals surface area contributed by atoms with Crippen molar-refractivity contribution in [3.8, 4) is 0 Å². The third-order valence-electron chi connectivity index (χ3n) is 5.97. The van der Waals surface area contributed by atoms with Gasteiger partial charge >= 0.3 is 0 Å². The average Bonchev–Trinajstić information content (AvgIpc) is 3.43. The van der Waals surface area contributed by atoms with E-state index in [9.17, 15) is 4.79 Å². The van der Waals surface area contributed by atoms with Crippen LogP contribution in [0.3, 0.4) is 0 Å². The highest BCUT2D eigenvalue weighted by molar-refractivity contribution is 6.35. The summed E-state index contributed by atoms with van der Waals surface area (Å²) in [5.74, 6) is -0.254. The van der Waals surface area contributed by atoms with Gasteiger partial charge in [-0.2, -0.15) is 5.10 Å². The third kappa shape index (κ3) is 3.85. The molecule has 0 aliphatic carbocycles. The van der Waals surface area contributed by atoms with E-state index in [4.69, 9.17) is 20.5 Å². The molecule has 3 N–H and O–H groups in total. The van der Waals surface area contributed by atoms with Gasteiger partial charge in [0.15, 0.2) is 5.78 Å². The Morgan fingerprint density at radius 1 is 1.36 bits per heavy atom. The van der Waals surface area contributed by atoms with Crippen molar-refractivity contribution < 1.29 is 13.6 Å². The number of anilines is 2. The van der Waals surface area contributed by atoms with Gasteiger partial charge in [-0.25, -0.2) is 4.98 Å². The Hall–Kier alpha value is -3.36. The number of ether oxygens (including phenoxy) is 1. The van der Waals surface area contributed by atoms with Crippen molar-refractivity contribution in [1.29, 1.82) is 0 Å². The number of halogens is 1. The minimum absolute atomic E-state index is 0.0591. The Bertz CT molecular complexity index is 1460. The number of carbonyl (C=O) groups excluding carboxylic acids is 1. The maximum Gasteiger partial charge on any atom is 0.196 e. The van der Waals surface area contributed by atoms with Gasteiger partial charge in [0.1, 0.15) is 5.65 Å². The smallest absolute Gasteiger partial charge is 0.196 e. The summed E-state index contributed by atoms with van der Waals surface area (Å²) in [7, 11) is -2.51. The number of aromatic nitrogens is 4. The molecular weight excluding hydrogens is 440 g/mol. The molecule has 1 aromatic carbocycles. The Labute approximate surface area is 200 Å². The van der Waals surface area contributed by atoms with E-state index in [0.717, 1.165) is 11.3 Å². The lowest BCUT2D eigenvalue weighted by atomic mass is 9.96. The number of benzene rings is 1. The van der Waals surface area contributed by atoms with Gasteiger partial charge in [-0.1, -0.05) is 17.7 Å². The summed E-state index contributed by atoms with van der Waals surface area (Å²) < 4.78 is 29.0. The number of H-pyrrole nitrogens is 1. The molecule has 170 valence electrons. The number of nitrogens with zero attached hydrogens (tertiary/aromatic N) is 3. The number of aromatic amines is 1. The van der Waals surface area contributed by atoms with Gasteiger partial charge in [0.05, 0.1) is 56.3 Å². The van der Waals surface area contributed by atoms with Crippen LogP contribution in [0.2, 0.25) is 5.02 Å². The summed E-state index contributed by atoms with van der Waals surface area (Å²) >= 11 is 6.57. The van der Waals surface area contributed by atoms with Crippen LogP contribution in [-0.2, 0) is 11.3 Å². The maximum atomic E-state index is 13.6. The molecule has 0 saturated heterocycles. The quantitative estimate of drug-likeness (QED) is 0.367. The molecule has 1 aliphatic heterocycles. The van der Waals surface area contributed by atoms with E-state index in [2.05, 4.69) is 25.7 Å². The van der Waals surface area contributed by atoms with E-state index < -0.39 is 12.6 Å². The lowest BCUT2D eigenvalue weighted by Gasteiger charge is -2.37. The van der Waals surface area contributed by atoms with Crippen LogP contribution in [-0.4, -0.2) is 51.3 Å². The van der Waals surface area contributed by atoms with Crippen LogP contribution in [0.5, 0.6) is 0 Å². The monoisotopic (exact) mass is 467 g/mol. The second kappa shape index (κ2) is 8.20. The first-order valence-electron chi connectivity index (χ1n) is 12.0. The summed E-state index contributed by atoms with van der Waals surface area (Å²) in [6.07, 6.45) is 5.02. The van der Waals surface area contributed by atoms with Crippen LogP contribution in [0, 0.1) is 6.92 Å². The molecule has 4 aromatic rings. The van der Waals surface area contributed by atoms with Crippen LogP contribution < -0.4 is 10.6 Å². The molecule has 1 aliphatic rings. The topological polar surface area (TPSA) is 96.9 Å². The Morgan fingerprint density at radius 2 is 2.24 bits per heavy atom. The van der Waals surface area contributed by atoms with Crippen LogP contribution in [0.25, 0.3) is 11.0 Å².